The van der Waals surface area contributed by atoms with Gasteiger partial charge >= 0.3 is 5.97 Å². The van der Waals surface area contributed by atoms with Crippen LogP contribution in [0.4, 0.5) is 0 Å². The van der Waals surface area contributed by atoms with Gasteiger partial charge in [0, 0.05) is 12.0 Å². The molecule has 0 amide bonds. The number of hydrogen-bond acceptors (Lipinski definition) is 2. The van der Waals surface area contributed by atoms with Crippen molar-refractivity contribution in [2.75, 3.05) is 0 Å². The van der Waals surface area contributed by atoms with Crippen LogP contribution in [0, 0.1) is 0 Å². The zero-order valence-electron chi connectivity index (χ0n) is 9.38. The first-order valence-corrected chi connectivity index (χ1v) is 6.39. The minimum absolute atomic E-state index is 0.128. The van der Waals surface area contributed by atoms with E-state index in [0.717, 1.165) is 6.42 Å². The predicted molar refractivity (Wildman–Crippen MR) is 70.4 cm³/mol. The Balaban J connectivity index is 2.74. The lowest BCUT2D eigenvalue weighted by molar-refractivity contribution is -0.145. The van der Waals surface area contributed by atoms with E-state index in [1.165, 1.54) is 0 Å². The fourth-order valence-electron chi connectivity index (χ4n) is 1.36. The summed E-state index contributed by atoms with van der Waals surface area (Å²) in [4.78, 5) is 11.3. The van der Waals surface area contributed by atoms with Gasteiger partial charge in [-0.2, -0.15) is 0 Å². The molecule has 0 radical (unpaired) electrons. The second-order valence-electron chi connectivity index (χ2n) is 3.57. The third-order valence-corrected chi connectivity index (χ3v) is 2.78. The van der Waals surface area contributed by atoms with Crippen molar-refractivity contribution in [2.24, 2.45) is 0 Å². The van der Waals surface area contributed by atoms with E-state index in [1.54, 1.807) is 18.2 Å². The summed E-state index contributed by atoms with van der Waals surface area (Å²) in [6, 6.07) is 7.06. The number of benzene rings is 1. The first-order chi connectivity index (χ1) is 7.95. The maximum atomic E-state index is 11.3. The molecule has 0 aromatic heterocycles. The van der Waals surface area contributed by atoms with Crippen LogP contribution in [-0.4, -0.2) is 5.97 Å². The molecule has 0 saturated heterocycles. The SMILES string of the molecule is CCCC(=O)OCc1ccccc1C(Cl)(Cl)Cl. The average Bonchev–Trinajstić information content (AvgIpc) is 2.26. The highest BCUT2D eigenvalue weighted by Crippen LogP contribution is 2.40. The van der Waals surface area contributed by atoms with Gasteiger partial charge in [-0.1, -0.05) is 66.0 Å². The number of halogens is 3. The Morgan fingerprint density at radius 1 is 1.29 bits per heavy atom. The normalized spacial score (nSPS) is 11.3. The molecule has 17 heavy (non-hydrogen) atoms. The van der Waals surface area contributed by atoms with Crippen LogP contribution < -0.4 is 0 Å². The minimum atomic E-state index is -1.51. The molecule has 0 saturated carbocycles. The second-order valence-corrected chi connectivity index (χ2v) is 5.85. The Hall–Kier alpha value is -0.440. The van der Waals surface area contributed by atoms with Crippen LogP contribution >= 0.6 is 34.8 Å². The van der Waals surface area contributed by atoms with Crippen molar-refractivity contribution in [2.45, 2.75) is 30.2 Å². The molecule has 5 heteroatoms. The number of rotatable bonds is 4. The van der Waals surface area contributed by atoms with Gasteiger partial charge in [-0.3, -0.25) is 4.79 Å². The lowest BCUT2D eigenvalue weighted by atomic mass is 10.1. The highest BCUT2D eigenvalue weighted by Gasteiger charge is 2.25. The quantitative estimate of drug-likeness (QED) is 0.609. The highest BCUT2D eigenvalue weighted by atomic mass is 35.6. The van der Waals surface area contributed by atoms with E-state index in [9.17, 15) is 4.79 Å². The first-order valence-electron chi connectivity index (χ1n) is 5.26. The Morgan fingerprint density at radius 3 is 2.53 bits per heavy atom. The molecule has 0 heterocycles. The molecule has 0 spiro atoms. The largest absolute Gasteiger partial charge is 0.461 e. The van der Waals surface area contributed by atoms with Crippen molar-refractivity contribution in [3.8, 4) is 0 Å². The molecule has 1 aromatic rings. The molecule has 94 valence electrons. The second kappa shape index (κ2) is 6.48. The molecular formula is C12H13Cl3O2. The summed E-state index contributed by atoms with van der Waals surface area (Å²) in [6.07, 6.45) is 1.15. The van der Waals surface area contributed by atoms with Crippen molar-refractivity contribution >= 4 is 40.8 Å². The summed E-state index contributed by atoms with van der Waals surface area (Å²) in [5.41, 5.74) is 1.24. The van der Waals surface area contributed by atoms with Crippen molar-refractivity contribution in [3.63, 3.8) is 0 Å². The number of ether oxygens (including phenoxy) is 1. The van der Waals surface area contributed by atoms with E-state index >= 15 is 0 Å². The lowest BCUT2D eigenvalue weighted by Crippen LogP contribution is -2.09. The van der Waals surface area contributed by atoms with E-state index in [1.807, 2.05) is 13.0 Å². The summed E-state index contributed by atoms with van der Waals surface area (Å²) in [7, 11) is 0. The van der Waals surface area contributed by atoms with Crippen LogP contribution in [0.2, 0.25) is 0 Å². The van der Waals surface area contributed by atoms with E-state index in [2.05, 4.69) is 0 Å². The van der Waals surface area contributed by atoms with E-state index in [0.29, 0.717) is 17.5 Å². The van der Waals surface area contributed by atoms with Crippen LogP contribution in [0.25, 0.3) is 0 Å². The summed E-state index contributed by atoms with van der Waals surface area (Å²) >= 11 is 17.5. The topological polar surface area (TPSA) is 26.3 Å². The van der Waals surface area contributed by atoms with Gasteiger partial charge in [0.1, 0.15) is 6.61 Å². The number of esters is 1. The van der Waals surface area contributed by atoms with E-state index in [4.69, 9.17) is 39.5 Å². The van der Waals surface area contributed by atoms with Gasteiger partial charge in [0.2, 0.25) is 3.79 Å². The monoisotopic (exact) mass is 294 g/mol. The average molecular weight is 296 g/mol. The molecule has 0 aliphatic rings. The summed E-state index contributed by atoms with van der Waals surface area (Å²) in [5, 5.41) is 0. The van der Waals surface area contributed by atoms with Crippen molar-refractivity contribution in [1.29, 1.82) is 0 Å². The van der Waals surface area contributed by atoms with Crippen LogP contribution in [0.3, 0.4) is 0 Å². The molecule has 0 aliphatic heterocycles. The maximum absolute atomic E-state index is 11.3. The van der Waals surface area contributed by atoms with Gasteiger partial charge in [0.25, 0.3) is 0 Å². The fourth-order valence-corrected chi connectivity index (χ4v) is 1.91. The van der Waals surface area contributed by atoms with Crippen LogP contribution in [-0.2, 0) is 19.9 Å². The van der Waals surface area contributed by atoms with Crippen LogP contribution in [0.1, 0.15) is 30.9 Å². The Kier molecular flexibility index (Phi) is 5.57. The molecule has 1 rings (SSSR count). The molecule has 2 nitrogen and oxygen atoms in total. The molecule has 0 atom stereocenters. The third kappa shape index (κ3) is 4.74. The highest BCUT2D eigenvalue weighted by molar-refractivity contribution is 6.66. The number of alkyl halides is 3. The standard InChI is InChI=1S/C12H13Cl3O2/c1-2-5-11(16)17-8-9-6-3-4-7-10(9)12(13,14)15/h3-4,6-7H,2,5,8H2,1H3. The number of carbonyl (C=O) groups excluding carboxylic acids is 1. The van der Waals surface area contributed by atoms with Gasteiger partial charge in [-0.15, -0.1) is 0 Å². The minimum Gasteiger partial charge on any atom is -0.461 e. The summed E-state index contributed by atoms with van der Waals surface area (Å²) < 4.78 is 3.58. The molecule has 0 bridgehead atoms. The first kappa shape index (κ1) is 14.6. The molecule has 1 aromatic carbocycles. The summed E-state index contributed by atoms with van der Waals surface area (Å²) in [6.45, 7) is 2.04. The van der Waals surface area contributed by atoms with Crippen molar-refractivity contribution in [1.82, 2.24) is 0 Å². The third-order valence-electron chi connectivity index (χ3n) is 2.17. The van der Waals surface area contributed by atoms with E-state index in [-0.39, 0.29) is 12.6 Å². The Morgan fingerprint density at radius 2 is 1.94 bits per heavy atom. The zero-order valence-corrected chi connectivity index (χ0v) is 11.6. The molecule has 0 N–H and O–H groups in total. The molecule has 0 unspecified atom stereocenters. The predicted octanol–water partition coefficient (Wildman–Crippen LogP) is 4.36. The number of carbonyl (C=O) groups is 1. The van der Waals surface area contributed by atoms with Crippen LogP contribution in [0.15, 0.2) is 24.3 Å². The maximum Gasteiger partial charge on any atom is 0.306 e. The van der Waals surface area contributed by atoms with Crippen LogP contribution in [0.5, 0.6) is 0 Å². The lowest BCUT2D eigenvalue weighted by Gasteiger charge is -2.16. The van der Waals surface area contributed by atoms with E-state index < -0.39 is 3.79 Å². The Bertz CT molecular complexity index is 386. The Labute approximate surface area is 116 Å². The number of hydrogen-bond donors (Lipinski definition) is 0. The van der Waals surface area contributed by atoms with Gasteiger partial charge in [0.05, 0.1) is 0 Å². The fraction of sp³-hybridized carbons (Fsp3) is 0.417. The van der Waals surface area contributed by atoms with Crippen molar-refractivity contribution in [3.05, 3.63) is 35.4 Å². The molecular weight excluding hydrogens is 282 g/mol. The van der Waals surface area contributed by atoms with Crippen molar-refractivity contribution < 1.29 is 9.53 Å². The van der Waals surface area contributed by atoms with Gasteiger partial charge in [0.15, 0.2) is 0 Å². The molecule has 0 aliphatic carbocycles. The molecule has 0 fully saturated rings. The summed E-state index contributed by atoms with van der Waals surface area (Å²) in [5.74, 6) is -0.244. The van der Waals surface area contributed by atoms with Gasteiger partial charge in [-0.25, -0.2) is 0 Å². The van der Waals surface area contributed by atoms with Gasteiger partial charge in [-0.05, 0) is 12.0 Å². The van der Waals surface area contributed by atoms with Gasteiger partial charge < -0.3 is 4.74 Å². The smallest absolute Gasteiger partial charge is 0.306 e. The zero-order chi connectivity index (χ0) is 12.9.